The molecule has 1 aliphatic heterocycles. The summed E-state index contributed by atoms with van der Waals surface area (Å²) in [6.45, 7) is 0. The summed E-state index contributed by atoms with van der Waals surface area (Å²) in [7, 11) is 1.84. The number of nitrogens with one attached hydrogen (secondary N) is 1. The molecule has 0 bridgehead atoms. The van der Waals surface area contributed by atoms with E-state index in [4.69, 9.17) is 0 Å². The summed E-state index contributed by atoms with van der Waals surface area (Å²) in [5.41, 5.74) is 1.83. The predicted molar refractivity (Wildman–Crippen MR) is 79.2 cm³/mol. The number of para-hydroxylation sites is 1. The van der Waals surface area contributed by atoms with Crippen molar-refractivity contribution in [3.05, 3.63) is 63.9 Å². The average molecular weight is 335 g/mol. The van der Waals surface area contributed by atoms with Gasteiger partial charge in [0.25, 0.3) is 5.91 Å². The van der Waals surface area contributed by atoms with Crippen molar-refractivity contribution in [2.24, 2.45) is 0 Å². The molecule has 0 radical (unpaired) electrons. The lowest BCUT2D eigenvalue weighted by molar-refractivity contribution is 0.0927. The standard InChI is InChI=1S/C15H12BrFN2O/c1-19-13-5-3-2-4-10(13)15(20)18-14(19)11-8-9(16)6-7-12(11)17/h2-8,14H,1H3,(H,18,20). The van der Waals surface area contributed by atoms with Crippen LogP contribution in [-0.2, 0) is 0 Å². The molecule has 1 atom stereocenters. The molecule has 1 unspecified atom stereocenters. The molecule has 0 aliphatic carbocycles. The minimum Gasteiger partial charge on any atom is -0.350 e. The fourth-order valence-electron chi connectivity index (χ4n) is 2.42. The highest BCUT2D eigenvalue weighted by Gasteiger charge is 2.30. The van der Waals surface area contributed by atoms with Gasteiger partial charge >= 0.3 is 0 Å². The van der Waals surface area contributed by atoms with Gasteiger partial charge in [0.1, 0.15) is 12.0 Å². The highest BCUT2D eigenvalue weighted by atomic mass is 79.9. The van der Waals surface area contributed by atoms with E-state index < -0.39 is 6.17 Å². The van der Waals surface area contributed by atoms with Gasteiger partial charge < -0.3 is 10.2 Å². The molecule has 3 nitrogen and oxygen atoms in total. The summed E-state index contributed by atoms with van der Waals surface area (Å²) in [5.74, 6) is -0.534. The molecule has 0 saturated heterocycles. The minimum absolute atomic E-state index is 0.192. The number of carbonyl (C=O) groups is 1. The summed E-state index contributed by atoms with van der Waals surface area (Å²) in [6, 6.07) is 12.0. The number of anilines is 1. The molecule has 3 rings (SSSR count). The number of hydrogen-bond donors (Lipinski definition) is 1. The van der Waals surface area contributed by atoms with Gasteiger partial charge in [0.2, 0.25) is 0 Å². The summed E-state index contributed by atoms with van der Waals surface area (Å²) >= 11 is 3.33. The van der Waals surface area contributed by atoms with Crippen LogP contribution in [0.1, 0.15) is 22.1 Å². The Balaban J connectivity index is 2.09. The molecular formula is C15H12BrFN2O. The molecular weight excluding hydrogens is 323 g/mol. The fraction of sp³-hybridized carbons (Fsp3) is 0.133. The van der Waals surface area contributed by atoms with Gasteiger partial charge in [-0.15, -0.1) is 0 Å². The monoisotopic (exact) mass is 334 g/mol. The molecule has 1 N–H and O–H groups in total. The maximum absolute atomic E-state index is 14.0. The van der Waals surface area contributed by atoms with Gasteiger partial charge in [-0.05, 0) is 30.3 Å². The molecule has 5 heteroatoms. The van der Waals surface area contributed by atoms with Gasteiger partial charge in [-0.3, -0.25) is 4.79 Å². The molecule has 1 aliphatic rings. The summed E-state index contributed by atoms with van der Waals surface area (Å²) in [5, 5.41) is 2.83. The van der Waals surface area contributed by atoms with Crippen molar-refractivity contribution >= 4 is 27.5 Å². The molecule has 1 heterocycles. The molecule has 20 heavy (non-hydrogen) atoms. The average Bonchev–Trinajstić information content (AvgIpc) is 2.46. The van der Waals surface area contributed by atoms with Crippen LogP contribution in [0.4, 0.5) is 10.1 Å². The number of hydrogen-bond acceptors (Lipinski definition) is 2. The molecule has 102 valence electrons. The molecule has 0 spiro atoms. The van der Waals surface area contributed by atoms with Gasteiger partial charge in [0, 0.05) is 17.1 Å². The lowest BCUT2D eigenvalue weighted by Crippen LogP contribution is -2.45. The van der Waals surface area contributed by atoms with Crippen molar-refractivity contribution in [1.29, 1.82) is 0 Å². The van der Waals surface area contributed by atoms with E-state index in [-0.39, 0.29) is 11.7 Å². The molecule has 0 fully saturated rings. The van der Waals surface area contributed by atoms with Gasteiger partial charge in [-0.25, -0.2) is 4.39 Å². The van der Waals surface area contributed by atoms with Gasteiger partial charge in [0.05, 0.1) is 11.3 Å². The van der Waals surface area contributed by atoms with Gasteiger partial charge in [-0.1, -0.05) is 28.1 Å². The van der Waals surface area contributed by atoms with Crippen LogP contribution >= 0.6 is 15.9 Å². The number of halogens is 2. The summed E-state index contributed by atoms with van der Waals surface area (Å²) in [4.78, 5) is 14.0. The number of benzene rings is 2. The highest BCUT2D eigenvalue weighted by Crippen LogP contribution is 2.33. The zero-order valence-corrected chi connectivity index (χ0v) is 12.3. The molecule has 2 aromatic carbocycles. The second-order valence-corrected chi connectivity index (χ2v) is 5.59. The molecule has 0 aromatic heterocycles. The molecule has 0 saturated carbocycles. The van der Waals surface area contributed by atoms with Crippen LogP contribution in [0.15, 0.2) is 46.9 Å². The van der Waals surface area contributed by atoms with Crippen molar-refractivity contribution < 1.29 is 9.18 Å². The molecule has 2 aromatic rings. The first-order chi connectivity index (χ1) is 9.58. The maximum atomic E-state index is 14.0. The minimum atomic E-state index is -0.519. The Morgan fingerprint density at radius 3 is 2.80 bits per heavy atom. The fourth-order valence-corrected chi connectivity index (χ4v) is 2.80. The Morgan fingerprint density at radius 2 is 2.00 bits per heavy atom. The van der Waals surface area contributed by atoms with E-state index in [9.17, 15) is 9.18 Å². The first-order valence-corrected chi connectivity index (χ1v) is 6.95. The lowest BCUT2D eigenvalue weighted by atomic mass is 10.0. The van der Waals surface area contributed by atoms with Crippen molar-refractivity contribution in [2.45, 2.75) is 6.17 Å². The Hall–Kier alpha value is -1.88. The first kappa shape index (κ1) is 13.1. The van der Waals surface area contributed by atoms with Crippen molar-refractivity contribution in [1.82, 2.24) is 5.32 Å². The van der Waals surface area contributed by atoms with Crippen LogP contribution in [0.3, 0.4) is 0 Å². The number of amides is 1. The summed E-state index contributed by atoms with van der Waals surface area (Å²) < 4.78 is 14.8. The van der Waals surface area contributed by atoms with Crippen LogP contribution in [-0.4, -0.2) is 13.0 Å². The largest absolute Gasteiger partial charge is 0.350 e. The zero-order chi connectivity index (χ0) is 14.3. The smallest absolute Gasteiger partial charge is 0.255 e. The Labute approximate surface area is 124 Å². The van der Waals surface area contributed by atoms with E-state index >= 15 is 0 Å². The van der Waals surface area contributed by atoms with E-state index in [2.05, 4.69) is 21.2 Å². The Kier molecular flexibility index (Phi) is 3.22. The third kappa shape index (κ3) is 2.08. The maximum Gasteiger partial charge on any atom is 0.255 e. The van der Waals surface area contributed by atoms with Gasteiger partial charge in [-0.2, -0.15) is 0 Å². The number of carbonyl (C=O) groups excluding carboxylic acids is 1. The number of fused-ring (bicyclic) bond motifs is 1. The Morgan fingerprint density at radius 1 is 1.25 bits per heavy atom. The van der Waals surface area contributed by atoms with E-state index in [1.54, 1.807) is 18.2 Å². The zero-order valence-electron chi connectivity index (χ0n) is 10.7. The third-order valence-corrected chi connectivity index (χ3v) is 3.93. The number of rotatable bonds is 1. The quantitative estimate of drug-likeness (QED) is 0.866. The van der Waals surface area contributed by atoms with Crippen LogP contribution < -0.4 is 10.2 Å². The molecule has 1 amide bonds. The SMILES string of the molecule is CN1c2ccccc2C(=O)NC1c1cc(Br)ccc1F. The Bertz CT molecular complexity index is 689. The van der Waals surface area contributed by atoms with Crippen molar-refractivity contribution in [3.8, 4) is 0 Å². The van der Waals surface area contributed by atoms with Crippen molar-refractivity contribution in [3.63, 3.8) is 0 Å². The van der Waals surface area contributed by atoms with E-state index in [0.717, 1.165) is 10.2 Å². The normalized spacial score (nSPS) is 17.6. The topological polar surface area (TPSA) is 32.3 Å². The predicted octanol–water partition coefficient (Wildman–Crippen LogP) is 3.47. The van der Waals surface area contributed by atoms with E-state index in [1.165, 1.54) is 6.07 Å². The van der Waals surface area contributed by atoms with Crippen LogP contribution in [0, 0.1) is 5.82 Å². The van der Waals surface area contributed by atoms with Crippen LogP contribution in [0.2, 0.25) is 0 Å². The van der Waals surface area contributed by atoms with Crippen LogP contribution in [0.25, 0.3) is 0 Å². The van der Waals surface area contributed by atoms with E-state index in [1.807, 2.05) is 30.1 Å². The first-order valence-electron chi connectivity index (χ1n) is 6.15. The lowest BCUT2D eigenvalue weighted by Gasteiger charge is -2.36. The second kappa shape index (κ2) is 4.90. The van der Waals surface area contributed by atoms with Crippen molar-refractivity contribution in [2.75, 3.05) is 11.9 Å². The second-order valence-electron chi connectivity index (χ2n) is 4.67. The number of nitrogens with zero attached hydrogens (tertiary/aromatic N) is 1. The highest BCUT2D eigenvalue weighted by molar-refractivity contribution is 9.10. The van der Waals surface area contributed by atoms with Crippen LogP contribution in [0.5, 0.6) is 0 Å². The van der Waals surface area contributed by atoms with E-state index in [0.29, 0.717) is 11.1 Å². The van der Waals surface area contributed by atoms with Gasteiger partial charge in [0.15, 0.2) is 0 Å². The summed E-state index contributed by atoms with van der Waals surface area (Å²) in [6.07, 6.45) is -0.519. The third-order valence-electron chi connectivity index (χ3n) is 3.44.